The average molecular weight is 305 g/mol. The van der Waals surface area contributed by atoms with Gasteiger partial charge < -0.3 is 4.98 Å². The molecule has 1 aliphatic carbocycles. The van der Waals surface area contributed by atoms with Crippen LogP contribution in [0.1, 0.15) is 36.5 Å². The number of nitrogens with one attached hydrogen (secondary N) is 1. The fraction of sp³-hybridized carbons (Fsp3) is 0.222. The summed E-state index contributed by atoms with van der Waals surface area (Å²) in [6.07, 6.45) is 1.78. The highest BCUT2D eigenvalue weighted by Gasteiger charge is 2.39. The first-order valence-corrected chi connectivity index (χ1v) is 7.49. The van der Waals surface area contributed by atoms with Crippen molar-refractivity contribution in [3.05, 3.63) is 47.3 Å². The molecule has 1 aromatic carbocycles. The summed E-state index contributed by atoms with van der Waals surface area (Å²) in [5.74, 6) is 0.407. The monoisotopic (exact) mass is 305 g/mol. The van der Waals surface area contributed by atoms with E-state index in [9.17, 15) is 9.59 Å². The summed E-state index contributed by atoms with van der Waals surface area (Å²) in [6.45, 7) is 3.52. The smallest absolute Gasteiger partial charge is 0.187 e. The number of carbonyl (C=O) groups is 2. The van der Waals surface area contributed by atoms with E-state index >= 15 is 0 Å². The lowest BCUT2D eigenvalue weighted by Gasteiger charge is -2.27. The van der Waals surface area contributed by atoms with Crippen LogP contribution >= 0.6 is 0 Å². The lowest BCUT2D eigenvalue weighted by Crippen LogP contribution is -2.36. The maximum absolute atomic E-state index is 12.6. The van der Waals surface area contributed by atoms with Gasteiger partial charge in [-0.15, -0.1) is 0 Å². The van der Waals surface area contributed by atoms with Crippen molar-refractivity contribution in [3.63, 3.8) is 0 Å². The standard InChI is InChI=1S/C18H15N3O2/c1-18(2)16(23)11-8-13(22)15-14(12(11)9-19-18)20-17(21-15)10-6-4-3-5-7-10/h3-7,9H,8H2,1-2H3,(H,20,21). The van der Waals surface area contributed by atoms with Crippen molar-refractivity contribution in [1.82, 2.24) is 9.97 Å². The number of carbonyl (C=O) groups excluding carboxylic acids is 2. The molecule has 114 valence electrons. The second-order valence-corrected chi connectivity index (χ2v) is 6.31. The minimum atomic E-state index is -0.807. The number of rotatable bonds is 1. The first kappa shape index (κ1) is 13.8. The number of dihydropyridines is 1. The van der Waals surface area contributed by atoms with Crippen molar-refractivity contribution in [1.29, 1.82) is 0 Å². The van der Waals surface area contributed by atoms with Gasteiger partial charge in [0, 0.05) is 29.3 Å². The summed E-state index contributed by atoms with van der Waals surface area (Å²) in [6, 6.07) is 9.60. The Morgan fingerprint density at radius 3 is 2.61 bits per heavy atom. The number of hydrogen-bond donors (Lipinski definition) is 1. The number of nitrogens with zero attached hydrogens (tertiary/aromatic N) is 2. The van der Waals surface area contributed by atoms with Crippen molar-refractivity contribution in [2.45, 2.75) is 25.8 Å². The van der Waals surface area contributed by atoms with E-state index in [2.05, 4.69) is 15.0 Å². The van der Waals surface area contributed by atoms with E-state index in [1.54, 1.807) is 20.1 Å². The zero-order valence-electron chi connectivity index (χ0n) is 12.9. The van der Waals surface area contributed by atoms with Gasteiger partial charge in [-0.05, 0) is 13.8 Å². The summed E-state index contributed by atoms with van der Waals surface area (Å²) >= 11 is 0. The first-order valence-electron chi connectivity index (χ1n) is 7.49. The third kappa shape index (κ3) is 2.00. The Balaban J connectivity index is 1.89. The molecule has 0 fully saturated rings. The molecule has 5 heteroatoms. The number of ketones is 2. The van der Waals surface area contributed by atoms with Crippen LogP contribution in [-0.4, -0.2) is 33.3 Å². The Labute approximate surface area is 133 Å². The number of hydrogen-bond acceptors (Lipinski definition) is 4. The maximum atomic E-state index is 12.6. The molecule has 2 heterocycles. The number of Topliss-reactive ketones (excluding diaryl/α,β-unsaturated/α-hetero) is 2. The van der Waals surface area contributed by atoms with E-state index in [-0.39, 0.29) is 18.0 Å². The molecule has 1 aromatic heterocycles. The topological polar surface area (TPSA) is 75.2 Å². The molecule has 0 saturated heterocycles. The van der Waals surface area contributed by atoms with Crippen LogP contribution in [-0.2, 0) is 4.79 Å². The van der Waals surface area contributed by atoms with E-state index < -0.39 is 5.54 Å². The predicted molar refractivity (Wildman–Crippen MR) is 87.5 cm³/mol. The van der Waals surface area contributed by atoms with Gasteiger partial charge >= 0.3 is 0 Å². The Morgan fingerprint density at radius 1 is 1.13 bits per heavy atom. The molecule has 1 N–H and O–H groups in total. The fourth-order valence-corrected chi connectivity index (χ4v) is 2.99. The van der Waals surface area contributed by atoms with Crippen LogP contribution in [0.2, 0.25) is 0 Å². The van der Waals surface area contributed by atoms with Crippen molar-refractivity contribution >= 4 is 23.4 Å². The van der Waals surface area contributed by atoms with Crippen molar-refractivity contribution in [2.75, 3.05) is 0 Å². The van der Waals surface area contributed by atoms with Gasteiger partial charge in [0.2, 0.25) is 0 Å². The molecule has 5 nitrogen and oxygen atoms in total. The first-order chi connectivity index (χ1) is 11.0. The number of aromatic nitrogens is 2. The zero-order valence-corrected chi connectivity index (χ0v) is 12.9. The van der Waals surface area contributed by atoms with Crippen LogP contribution in [0.25, 0.3) is 17.0 Å². The highest BCUT2D eigenvalue weighted by molar-refractivity contribution is 6.29. The number of fused-ring (bicyclic) bond motifs is 2. The summed E-state index contributed by atoms with van der Waals surface area (Å²) < 4.78 is 0. The van der Waals surface area contributed by atoms with Crippen LogP contribution in [0.4, 0.5) is 0 Å². The Morgan fingerprint density at radius 2 is 1.87 bits per heavy atom. The minimum absolute atomic E-state index is 0.0927. The van der Waals surface area contributed by atoms with E-state index in [4.69, 9.17) is 0 Å². The molecule has 0 saturated carbocycles. The third-order valence-electron chi connectivity index (χ3n) is 4.29. The van der Waals surface area contributed by atoms with Gasteiger partial charge in [0.05, 0.1) is 5.69 Å². The van der Waals surface area contributed by atoms with Gasteiger partial charge in [-0.3, -0.25) is 14.6 Å². The van der Waals surface area contributed by atoms with Crippen LogP contribution in [0.3, 0.4) is 0 Å². The molecule has 2 aromatic rings. The molecule has 0 radical (unpaired) electrons. The summed E-state index contributed by atoms with van der Waals surface area (Å²) in [5, 5.41) is 0. The van der Waals surface area contributed by atoms with Crippen LogP contribution in [0.5, 0.6) is 0 Å². The summed E-state index contributed by atoms with van der Waals surface area (Å²) in [5.41, 5.74) is 2.31. The Bertz CT molecular complexity index is 902. The van der Waals surface area contributed by atoms with Gasteiger partial charge in [-0.2, -0.15) is 0 Å². The van der Waals surface area contributed by atoms with Crippen molar-refractivity contribution in [3.8, 4) is 11.4 Å². The molecule has 0 amide bonds. The normalized spacial score (nSPS) is 18.9. The third-order valence-corrected chi connectivity index (χ3v) is 4.29. The largest absolute Gasteiger partial charge is 0.337 e. The fourth-order valence-electron chi connectivity index (χ4n) is 2.99. The summed E-state index contributed by atoms with van der Waals surface area (Å²) in [4.78, 5) is 37.0. The van der Waals surface area contributed by atoms with E-state index in [0.29, 0.717) is 28.4 Å². The number of aromatic amines is 1. The Kier molecular flexibility index (Phi) is 2.75. The molecule has 23 heavy (non-hydrogen) atoms. The van der Waals surface area contributed by atoms with Gasteiger partial charge in [0.15, 0.2) is 11.6 Å². The molecule has 0 unspecified atom stereocenters. The van der Waals surface area contributed by atoms with E-state index in [1.807, 2.05) is 30.3 Å². The predicted octanol–water partition coefficient (Wildman–Crippen LogP) is 2.85. The quantitative estimate of drug-likeness (QED) is 0.880. The molecular weight excluding hydrogens is 290 g/mol. The van der Waals surface area contributed by atoms with Crippen molar-refractivity contribution < 1.29 is 9.59 Å². The minimum Gasteiger partial charge on any atom is -0.337 e. The molecule has 1 aliphatic heterocycles. The summed E-state index contributed by atoms with van der Waals surface area (Å²) in [7, 11) is 0. The number of imidazole rings is 1. The van der Waals surface area contributed by atoms with Crippen LogP contribution in [0, 0.1) is 0 Å². The molecule has 0 bridgehead atoms. The SMILES string of the molecule is CC1(C)N=CC2=C(CC(=O)c3nc(-c4ccccc4)[nH]c32)C1=O. The number of benzene rings is 1. The van der Waals surface area contributed by atoms with Gasteiger partial charge in [-0.1, -0.05) is 30.3 Å². The molecule has 0 spiro atoms. The lowest BCUT2D eigenvalue weighted by atomic mass is 9.81. The number of allylic oxidation sites excluding steroid dienone is 1. The number of H-pyrrole nitrogens is 1. The molecule has 2 aliphatic rings. The van der Waals surface area contributed by atoms with E-state index in [1.165, 1.54) is 0 Å². The number of aliphatic imine (C=N–C) groups is 1. The van der Waals surface area contributed by atoms with Gasteiger partial charge in [-0.25, -0.2) is 4.98 Å². The second-order valence-electron chi connectivity index (χ2n) is 6.31. The second kappa shape index (κ2) is 4.59. The highest BCUT2D eigenvalue weighted by Crippen LogP contribution is 2.36. The maximum Gasteiger partial charge on any atom is 0.187 e. The molecular formula is C18H15N3O2. The highest BCUT2D eigenvalue weighted by atomic mass is 16.1. The molecule has 4 rings (SSSR count). The Hall–Kier alpha value is -2.82. The van der Waals surface area contributed by atoms with Gasteiger partial charge in [0.1, 0.15) is 17.1 Å². The van der Waals surface area contributed by atoms with E-state index in [0.717, 1.165) is 5.56 Å². The van der Waals surface area contributed by atoms with Crippen molar-refractivity contribution in [2.24, 2.45) is 4.99 Å². The lowest BCUT2D eigenvalue weighted by molar-refractivity contribution is -0.119. The van der Waals surface area contributed by atoms with Gasteiger partial charge in [0.25, 0.3) is 0 Å². The zero-order chi connectivity index (χ0) is 16.2. The molecule has 0 atom stereocenters. The van der Waals surface area contributed by atoms with Crippen LogP contribution in [0.15, 0.2) is 40.9 Å². The average Bonchev–Trinajstić information content (AvgIpc) is 2.99. The van der Waals surface area contributed by atoms with Crippen LogP contribution < -0.4 is 0 Å².